The van der Waals surface area contributed by atoms with Crippen molar-refractivity contribution in [3.63, 3.8) is 0 Å². The second kappa shape index (κ2) is 7.10. The molecule has 0 aliphatic rings. The molecule has 7 nitrogen and oxygen atoms in total. The normalized spacial score (nSPS) is 10.6. The number of halogens is 1. The molecule has 0 aliphatic carbocycles. The second-order valence-electron chi connectivity index (χ2n) is 4.20. The molecule has 0 aromatic carbocycles. The molecule has 0 radical (unpaired) electrons. The summed E-state index contributed by atoms with van der Waals surface area (Å²) in [7, 11) is 0. The van der Waals surface area contributed by atoms with Crippen LogP contribution in [0, 0.1) is 0 Å². The fourth-order valence-corrected chi connectivity index (χ4v) is 1.60. The van der Waals surface area contributed by atoms with Gasteiger partial charge < -0.3 is 15.7 Å². The molecule has 1 heterocycles. The maximum atomic E-state index is 11.7. The van der Waals surface area contributed by atoms with Crippen LogP contribution < -0.4 is 16.2 Å². The Morgan fingerprint density at radius 1 is 1.58 bits per heavy atom. The number of rotatable bonds is 6. The molecule has 1 rings (SSSR count). The lowest BCUT2D eigenvalue weighted by Gasteiger charge is -2.11. The third-order valence-corrected chi connectivity index (χ3v) is 2.55. The number of nitrogens with one attached hydrogen (secondary N) is 2. The minimum absolute atomic E-state index is 0.00301. The number of aliphatic hydroxyl groups is 1. The molecule has 19 heavy (non-hydrogen) atoms. The van der Waals surface area contributed by atoms with Crippen molar-refractivity contribution in [1.29, 1.82) is 0 Å². The van der Waals surface area contributed by atoms with Gasteiger partial charge in [0.15, 0.2) is 0 Å². The second-order valence-corrected chi connectivity index (χ2v) is 4.58. The zero-order chi connectivity index (χ0) is 14.4. The lowest BCUT2D eigenvalue weighted by atomic mass is 10.4. The highest BCUT2D eigenvalue weighted by Crippen LogP contribution is 2.14. The SMILES string of the molecule is CC(C)NC(=O)CNc1cnn(CCO)c(=O)c1Cl. The molecule has 0 bridgehead atoms. The molecule has 0 atom stereocenters. The van der Waals surface area contributed by atoms with Crippen molar-refractivity contribution < 1.29 is 9.90 Å². The van der Waals surface area contributed by atoms with Gasteiger partial charge in [0, 0.05) is 6.04 Å². The molecule has 0 spiro atoms. The first kappa shape index (κ1) is 15.5. The number of hydrogen-bond acceptors (Lipinski definition) is 5. The van der Waals surface area contributed by atoms with Crippen molar-refractivity contribution >= 4 is 23.2 Å². The fourth-order valence-electron chi connectivity index (χ4n) is 1.39. The van der Waals surface area contributed by atoms with Crippen LogP contribution in [-0.2, 0) is 11.3 Å². The number of aromatic nitrogens is 2. The van der Waals surface area contributed by atoms with Crippen LogP contribution in [0.4, 0.5) is 5.69 Å². The summed E-state index contributed by atoms with van der Waals surface area (Å²) in [6, 6.07) is 0.0421. The monoisotopic (exact) mass is 288 g/mol. The number of carbonyl (C=O) groups excluding carboxylic acids is 1. The highest BCUT2D eigenvalue weighted by atomic mass is 35.5. The van der Waals surface area contributed by atoms with E-state index in [0.717, 1.165) is 4.68 Å². The van der Waals surface area contributed by atoms with Crippen molar-refractivity contribution in [2.24, 2.45) is 0 Å². The van der Waals surface area contributed by atoms with Gasteiger partial charge in [-0.1, -0.05) is 11.6 Å². The smallest absolute Gasteiger partial charge is 0.287 e. The summed E-state index contributed by atoms with van der Waals surface area (Å²) in [4.78, 5) is 23.2. The average Bonchev–Trinajstić information content (AvgIpc) is 2.33. The van der Waals surface area contributed by atoms with Crippen molar-refractivity contribution in [1.82, 2.24) is 15.1 Å². The van der Waals surface area contributed by atoms with E-state index in [1.54, 1.807) is 0 Å². The summed E-state index contributed by atoms with van der Waals surface area (Å²) in [6.45, 7) is 3.58. The van der Waals surface area contributed by atoms with Gasteiger partial charge in [0.25, 0.3) is 5.56 Å². The fraction of sp³-hybridized carbons (Fsp3) is 0.545. The molecule has 0 fully saturated rings. The number of nitrogens with zero attached hydrogens (tertiary/aromatic N) is 2. The Balaban J connectivity index is 2.73. The Kier molecular flexibility index (Phi) is 5.78. The Morgan fingerprint density at radius 2 is 2.26 bits per heavy atom. The van der Waals surface area contributed by atoms with Gasteiger partial charge >= 0.3 is 0 Å². The Morgan fingerprint density at radius 3 is 2.84 bits per heavy atom. The first-order valence-corrected chi connectivity index (χ1v) is 6.23. The zero-order valence-electron chi connectivity index (χ0n) is 10.8. The summed E-state index contributed by atoms with van der Waals surface area (Å²) in [6.07, 6.45) is 1.35. The first-order chi connectivity index (χ1) is 8.95. The quantitative estimate of drug-likeness (QED) is 0.675. The van der Waals surface area contributed by atoms with Crippen LogP contribution in [0.1, 0.15) is 13.8 Å². The highest BCUT2D eigenvalue weighted by molar-refractivity contribution is 6.33. The van der Waals surface area contributed by atoms with E-state index in [2.05, 4.69) is 15.7 Å². The molecule has 0 unspecified atom stereocenters. The highest BCUT2D eigenvalue weighted by Gasteiger charge is 2.10. The molecular weight excluding hydrogens is 272 g/mol. The van der Waals surface area contributed by atoms with Crippen LogP contribution in [-0.4, -0.2) is 40.0 Å². The summed E-state index contributed by atoms with van der Waals surface area (Å²) in [5, 5.41) is 18.0. The molecule has 1 amide bonds. The van der Waals surface area contributed by atoms with E-state index in [1.807, 2.05) is 13.8 Å². The Bertz CT molecular complexity index is 501. The average molecular weight is 289 g/mol. The van der Waals surface area contributed by atoms with E-state index in [0.29, 0.717) is 5.69 Å². The largest absolute Gasteiger partial charge is 0.394 e. The van der Waals surface area contributed by atoms with E-state index in [9.17, 15) is 9.59 Å². The van der Waals surface area contributed by atoms with Crippen LogP contribution in [0.3, 0.4) is 0 Å². The van der Waals surface area contributed by atoms with Gasteiger partial charge in [0.05, 0.1) is 31.6 Å². The first-order valence-electron chi connectivity index (χ1n) is 5.85. The molecule has 1 aromatic heterocycles. The number of carbonyl (C=O) groups is 1. The van der Waals surface area contributed by atoms with Gasteiger partial charge in [-0.05, 0) is 13.8 Å². The molecule has 0 saturated heterocycles. The van der Waals surface area contributed by atoms with Crippen LogP contribution in [0.2, 0.25) is 5.02 Å². The van der Waals surface area contributed by atoms with E-state index in [1.165, 1.54) is 6.20 Å². The van der Waals surface area contributed by atoms with E-state index in [-0.39, 0.29) is 36.7 Å². The topological polar surface area (TPSA) is 96.2 Å². The maximum Gasteiger partial charge on any atom is 0.287 e. The van der Waals surface area contributed by atoms with Crippen LogP contribution in [0.15, 0.2) is 11.0 Å². The number of amides is 1. The lowest BCUT2D eigenvalue weighted by molar-refractivity contribution is -0.119. The minimum Gasteiger partial charge on any atom is -0.394 e. The molecule has 0 aliphatic heterocycles. The molecule has 3 N–H and O–H groups in total. The third kappa shape index (κ3) is 4.53. The molecule has 1 aromatic rings. The van der Waals surface area contributed by atoms with Crippen molar-refractivity contribution in [3.05, 3.63) is 21.6 Å². The predicted molar refractivity (Wildman–Crippen MR) is 72.4 cm³/mol. The van der Waals surface area contributed by atoms with Crippen molar-refractivity contribution in [2.45, 2.75) is 26.4 Å². The van der Waals surface area contributed by atoms with Crippen LogP contribution >= 0.6 is 11.6 Å². The standard InChI is InChI=1S/C11H17ClN4O3/c1-7(2)15-9(18)6-13-8-5-14-16(3-4-17)11(19)10(8)12/h5,7,13,17H,3-4,6H2,1-2H3,(H,15,18). The van der Waals surface area contributed by atoms with Gasteiger partial charge in [-0.25, -0.2) is 4.68 Å². The summed E-state index contributed by atoms with van der Waals surface area (Å²) < 4.78 is 1.06. The van der Waals surface area contributed by atoms with E-state index < -0.39 is 5.56 Å². The zero-order valence-corrected chi connectivity index (χ0v) is 11.6. The molecule has 8 heteroatoms. The maximum absolute atomic E-state index is 11.7. The van der Waals surface area contributed by atoms with E-state index >= 15 is 0 Å². The van der Waals surface area contributed by atoms with Gasteiger partial charge in [-0.15, -0.1) is 0 Å². The van der Waals surface area contributed by atoms with Gasteiger partial charge in [0.2, 0.25) is 5.91 Å². The summed E-state index contributed by atoms with van der Waals surface area (Å²) >= 11 is 5.87. The van der Waals surface area contributed by atoms with Crippen LogP contribution in [0.25, 0.3) is 0 Å². The van der Waals surface area contributed by atoms with Gasteiger partial charge in [0.1, 0.15) is 5.02 Å². The number of anilines is 1. The predicted octanol–water partition coefficient (Wildman–Crippen LogP) is -0.175. The van der Waals surface area contributed by atoms with E-state index in [4.69, 9.17) is 16.7 Å². The number of hydrogen-bond donors (Lipinski definition) is 3. The lowest BCUT2D eigenvalue weighted by Crippen LogP contribution is -2.35. The molecule has 0 saturated carbocycles. The minimum atomic E-state index is -0.509. The van der Waals surface area contributed by atoms with Gasteiger partial charge in [-0.2, -0.15) is 5.10 Å². The third-order valence-electron chi connectivity index (χ3n) is 2.19. The van der Waals surface area contributed by atoms with Crippen LogP contribution in [0.5, 0.6) is 0 Å². The van der Waals surface area contributed by atoms with Crippen molar-refractivity contribution in [2.75, 3.05) is 18.5 Å². The van der Waals surface area contributed by atoms with Gasteiger partial charge in [-0.3, -0.25) is 9.59 Å². The molecular formula is C11H17ClN4O3. The summed E-state index contributed by atoms with van der Waals surface area (Å²) in [5.74, 6) is -0.203. The Hall–Kier alpha value is -1.60. The number of aliphatic hydroxyl groups excluding tert-OH is 1. The summed E-state index contributed by atoms with van der Waals surface area (Å²) in [5.41, 5.74) is -0.218. The molecule has 106 valence electrons. The van der Waals surface area contributed by atoms with Crippen molar-refractivity contribution in [3.8, 4) is 0 Å². The Labute approximate surface area is 115 Å².